The quantitative estimate of drug-likeness (QED) is 0.673. The van der Waals surface area contributed by atoms with E-state index < -0.39 is 15.7 Å². The molecule has 1 amide bonds. The van der Waals surface area contributed by atoms with Gasteiger partial charge in [-0.2, -0.15) is 0 Å². The fourth-order valence-electron chi connectivity index (χ4n) is 3.96. The number of carbonyl (C=O) groups excluding carboxylic acids is 1. The second-order valence-electron chi connectivity index (χ2n) is 7.98. The van der Waals surface area contributed by atoms with E-state index in [2.05, 4.69) is 13.8 Å². The lowest BCUT2D eigenvalue weighted by molar-refractivity contribution is -0.127. The van der Waals surface area contributed by atoms with E-state index in [4.69, 9.17) is 11.6 Å². The van der Waals surface area contributed by atoms with Crippen molar-refractivity contribution in [3.63, 3.8) is 0 Å². The fraction of sp³-hybridized carbons (Fsp3) is 0.348. The van der Waals surface area contributed by atoms with Crippen LogP contribution in [0.15, 0.2) is 58.5 Å². The van der Waals surface area contributed by atoms with Crippen molar-refractivity contribution in [1.29, 1.82) is 0 Å². The highest BCUT2D eigenvalue weighted by atomic mass is 35.5. The van der Waals surface area contributed by atoms with Gasteiger partial charge in [0.25, 0.3) is 5.91 Å². The maximum Gasteiger partial charge on any atom is 0.267 e. The molecule has 0 radical (unpaired) electrons. The summed E-state index contributed by atoms with van der Waals surface area (Å²) in [6.07, 6.45) is 4.08. The molecule has 0 spiro atoms. The lowest BCUT2D eigenvalue weighted by Crippen LogP contribution is -2.41. The summed E-state index contributed by atoms with van der Waals surface area (Å²) in [6, 6.07) is 12.5. The van der Waals surface area contributed by atoms with Gasteiger partial charge in [0, 0.05) is 30.0 Å². The van der Waals surface area contributed by atoms with Gasteiger partial charge in [0.05, 0.1) is 10.6 Å². The summed E-state index contributed by atoms with van der Waals surface area (Å²) in [5.41, 5.74) is 2.38. The summed E-state index contributed by atoms with van der Waals surface area (Å²) in [5, 5.41) is 0.439. The number of aryl methyl sites for hydroxylation is 1. The summed E-state index contributed by atoms with van der Waals surface area (Å²) in [7, 11) is -3.95. The summed E-state index contributed by atoms with van der Waals surface area (Å²) in [5.74, 6) is 0.112. The molecule has 4 rings (SSSR count). The Bertz CT molecular complexity index is 1120. The van der Waals surface area contributed by atoms with Gasteiger partial charge in [0.15, 0.2) is 4.91 Å². The number of sulfone groups is 1. The van der Waals surface area contributed by atoms with E-state index in [9.17, 15) is 13.2 Å². The Kier molecular flexibility index (Phi) is 5.64. The number of fused-ring (bicyclic) bond motifs is 1. The van der Waals surface area contributed by atoms with Crippen molar-refractivity contribution >= 4 is 38.7 Å². The SMILES string of the molecule is CCc1cccc(N2C=C(C(=O)N3CCC(C)CC3)S(=O)(=O)c3ccc(Cl)cc32)c1. The fourth-order valence-corrected chi connectivity index (χ4v) is 5.64. The number of hydrogen-bond acceptors (Lipinski definition) is 4. The lowest BCUT2D eigenvalue weighted by Gasteiger charge is -2.34. The zero-order valence-corrected chi connectivity index (χ0v) is 18.7. The number of benzene rings is 2. The highest BCUT2D eigenvalue weighted by Crippen LogP contribution is 2.41. The van der Waals surface area contributed by atoms with Crippen molar-refractivity contribution in [2.75, 3.05) is 18.0 Å². The lowest BCUT2D eigenvalue weighted by atomic mass is 9.99. The predicted molar refractivity (Wildman–Crippen MR) is 120 cm³/mol. The summed E-state index contributed by atoms with van der Waals surface area (Å²) in [4.78, 5) is 16.6. The number of anilines is 2. The molecule has 0 aliphatic carbocycles. The second kappa shape index (κ2) is 8.08. The molecule has 1 saturated heterocycles. The minimum atomic E-state index is -3.95. The third-order valence-corrected chi connectivity index (χ3v) is 7.90. The van der Waals surface area contributed by atoms with E-state index in [0.29, 0.717) is 29.7 Å². The Morgan fingerprint density at radius 3 is 2.57 bits per heavy atom. The molecule has 0 N–H and O–H groups in total. The maximum atomic E-state index is 13.4. The highest BCUT2D eigenvalue weighted by molar-refractivity contribution is 7.96. The molecule has 5 nitrogen and oxygen atoms in total. The Hall–Kier alpha value is -2.31. The van der Waals surface area contributed by atoms with E-state index in [1.807, 2.05) is 24.3 Å². The summed E-state index contributed by atoms with van der Waals surface area (Å²) in [6.45, 7) is 5.37. The molecular formula is C23H25ClN2O3S. The normalized spacial score (nSPS) is 18.7. The van der Waals surface area contributed by atoms with Crippen LogP contribution in [0.1, 0.15) is 32.3 Å². The van der Waals surface area contributed by atoms with Crippen LogP contribution in [0.25, 0.3) is 0 Å². The molecule has 0 unspecified atom stereocenters. The second-order valence-corrected chi connectivity index (χ2v) is 10.3. The van der Waals surface area contributed by atoms with Gasteiger partial charge in [0.2, 0.25) is 9.84 Å². The minimum Gasteiger partial charge on any atom is -0.338 e. The molecule has 2 aromatic carbocycles. The number of likely N-dealkylation sites (tertiary alicyclic amines) is 1. The average molecular weight is 445 g/mol. The first-order valence-electron chi connectivity index (χ1n) is 10.2. The number of amides is 1. The topological polar surface area (TPSA) is 57.7 Å². The molecule has 7 heteroatoms. The number of rotatable bonds is 3. The van der Waals surface area contributed by atoms with Gasteiger partial charge in [-0.15, -0.1) is 0 Å². The largest absolute Gasteiger partial charge is 0.338 e. The van der Waals surface area contributed by atoms with E-state index in [-0.39, 0.29) is 9.80 Å². The molecule has 0 aromatic heterocycles. The van der Waals surface area contributed by atoms with Crippen LogP contribution >= 0.6 is 11.6 Å². The van der Waals surface area contributed by atoms with Gasteiger partial charge in [-0.25, -0.2) is 8.42 Å². The summed E-state index contributed by atoms with van der Waals surface area (Å²) < 4.78 is 26.8. The van der Waals surface area contributed by atoms with Gasteiger partial charge in [0.1, 0.15) is 0 Å². The van der Waals surface area contributed by atoms with Crippen LogP contribution in [-0.4, -0.2) is 32.3 Å². The minimum absolute atomic E-state index is 0.102. The molecule has 2 aliphatic rings. The van der Waals surface area contributed by atoms with Crippen molar-refractivity contribution in [3.05, 3.63) is 64.2 Å². The van der Waals surface area contributed by atoms with Crippen molar-refractivity contribution in [2.45, 2.75) is 38.0 Å². The van der Waals surface area contributed by atoms with Gasteiger partial charge >= 0.3 is 0 Å². The predicted octanol–water partition coefficient (Wildman–Crippen LogP) is 4.93. The van der Waals surface area contributed by atoms with Crippen LogP contribution < -0.4 is 4.90 Å². The van der Waals surface area contributed by atoms with Crippen LogP contribution in [0.3, 0.4) is 0 Å². The first-order valence-corrected chi connectivity index (χ1v) is 12.1. The zero-order valence-electron chi connectivity index (χ0n) is 17.1. The third kappa shape index (κ3) is 3.74. The molecule has 2 aromatic rings. The molecule has 158 valence electrons. The Morgan fingerprint density at radius 2 is 1.87 bits per heavy atom. The smallest absolute Gasteiger partial charge is 0.267 e. The molecule has 1 fully saturated rings. The maximum absolute atomic E-state index is 13.4. The Morgan fingerprint density at radius 1 is 1.13 bits per heavy atom. The number of hydrogen-bond donors (Lipinski definition) is 0. The van der Waals surface area contributed by atoms with E-state index in [0.717, 1.165) is 30.5 Å². The van der Waals surface area contributed by atoms with Gasteiger partial charge in [-0.05, 0) is 61.1 Å². The van der Waals surface area contributed by atoms with Crippen LogP contribution in [0.2, 0.25) is 5.02 Å². The summed E-state index contributed by atoms with van der Waals surface area (Å²) >= 11 is 6.20. The van der Waals surface area contributed by atoms with Crippen molar-refractivity contribution < 1.29 is 13.2 Å². The molecule has 2 aliphatic heterocycles. The first-order chi connectivity index (χ1) is 14.3. The molecule has 0 atom stereocenters. The zero-order chi connectivity index (χ0) is 21.5. The molecular weight excluding hydrogens is 420 g/mol. The van der Waals surface area contributed by atoms with E-state index >= 15 is 0 Å². The molecule has 0 saturated carbocycles. The molecule has 30 heavy (non-hydrogen) atoms. The van der Waals surface area contributed by atoms with Crippen molar-refractivity contribution in [2.24, 2.45) is 5.92 Å². The molecule has 0 bridgehead atoms. The monoisotopic (exact) mass is 444 g/mol. The van der Waals surface area contributed by atoms with Crippen molar-refractivity contribution in [3.8, 4) is 0 Å². The van der Waals surface area contributed by atoms with Crippen molar-refractivity contribution in [1.82, 2.24) is 4.90 Å². The molecule has 2 heterocycles. The Balaban J connectivity index is 1.84. The van der Waals surface area contributed by atoms with Gasteiger partial charge in [-0.3, -0.25) is 4.79 Å². The average Bonchev–Trinajstić information content (AvgIpc) is 2.73. The number of nitrogens with zero attached hydrogens (tertiary/aromatic N) is 2. The van der Waals surface area contributed by atoms with E-state index in [1.165, 1.54) is 12.3 Å². The number of halogens is 1. The van der Waals surface area contributed by atoms with Crippen LogP contribution in [0.5, 0.6) is 0 Å². The first kappa shape index (κ1) is 20.9. The number of piperidine rings is 1. The van der Waals surface area contributed by atoms with Crippen LogP contribution in [-0.2, 0) is 21.1 Å². The highest BCUT2D eigenvalue weighted by Gasteiger charge is 2.38. The van der Waals surface area contributed by atoms with Gasteiger partial charge < -0.3 is 9.80 Å². The van der Waals surface area contributed by atoms with Crippen LogP contribution in [0, 0.1) is 5.92 Å². The Labute approximate surface area is 182 Å². The van der Waals surface area contributed by atoms with Gasteiger partial charge in [-0.1, -0.05) is 37.6 Å². The van der Waals surface area contributed by atoms with E-state index in [1.54, 1.807) is 21.9 Å². The third-order valence-electron chi connectivity index (χ3n) is 5.88. The number of carbonyl (C=O) groups is 1. The van der Waals surface area contributed by atoms with Crippen LogP contribution in [0.4, 0.5) is 11.4 Å². The standard InChI is InChI=1S/C23H25ClN2O3S/c1-3-17-5-4-6-19(13-17)26-15-22(23(27)25-11-9-16(2)10-12-25)30(28,29)21-8-7-18(24)14-20(21)26/h4-8,13-16H,3,9-12H2,1-2H3.